The minimum absolute atomic E-state index is 0.442. The number of aliphatic hydroxyl groups is 1. The highest BCUT2D eigenvalue weighted by molar-refractivity contribution is 4.93. The molecule has 1 aliphatic heterocycles. The van der Waals surface area contributed by atoms with Crippen LogP contribution in [0.25, 0.3) is 0 Å². The van der Waals surface area contributed by atoms with Crippen LogP contribution in [-0.2, 0) is 0 Å². The molecule has 2 aliphatic rings. The second kappa shape index (κ2) is 5.05. The molecule has 1 saturated heterocycles. The van der Waals surface area contributed by atoms with Crippen molar-refractivity contribution in [3.05, 3.63) is 0 Å². The van der Waals surface area contributed by atoms with E-state index >= 15 is 0 Å². The molecule has 2 rings (SSSR count). The van der Waals surface area contributed by atoms with Crippen LogP contribution in [0, 0.1) is 17.8 Å². The molecule has 0 radical (unpaired) electrons. The maximum absolute atomic E-state index is 10.8. The zero-order valence-corrected chi connectivity index (χ0v) is 10.8. The maximum atomic E-state index is 10.8. The summed E-state index contributed by atoms with van der Waals surface area (Å²) in [4.78, 5) is 0. The summed E-state index contributed by atoms with van der Waals surface area (Å²) in [6, 6.07) is 0. The lowest BCUT2D eigenvalue weighted by Gasteiger charge is -2.44. The molecular weight excluding hydrogens is 198 g/mol. The highest BCUT2D eigenvalue weighted by atomic mass is 16.3. The summed E-state index contributed by atoms with van der Waals surface area (Å²) in [6.45, 7) is 6.57. The van der Waals surface area contributed by atoms with E-state index < -0.39 is 5.60 Å². The van der Waals surface area contributed by atoms with Gasteiger partial charge in [-0.25, -0.2) is 0 Å². The molecule has 1 saturated carbocycles. The largest absolute Gasteiger partial charge is 0.390 e. The third-order valence-corrected chi connectivity index (χ3v) is 4.89. The van der Waals surface area contributed by atoms with Gasteiger partial charge in [0.1, 0.15) is 0 Å². The molecule has 0 spiro atoms. The van der Waals surface area contributed by atoms with Crippen LogP contribution in [0.1, 0.15) is 52.4 Å². The first-order valence-corrected chi connectivity index (χ1v) is 7.03. The molecule has 0 aromatic rings. The molecule has 0 aromatic heterocycles. The number of rotatable bonds is 2. The van der Waals surface area contributed by atoms with Crippen molar-refractivity contribution in [2.75, 3.05) is 13.1 Å². The van der Waals surface area contributed by atoms with Crippen molar-refractivity contribution in [2.24, 2.45) is 17.8 Å². The zero-order valence-electron chi connectivity index (χ0n) is 10.8. The molecule has 94 valence electrons. The van der Waals surface area contributed by atoms with Gasteiger partial charge in [0.05, 0.1) is 5.60 Å². The van der Waals surface area contributed by atoms with Gasteiger partial charge < -0.3 is 10.4 Å². The first-order chi connectivity index (χ1) is 7.60. The molecule has 2 nitrogen and oxygen atoms in total. The molecule has 2 N–H and O–H groups in total. The lowest BCUT2D eigenvalue weighted by Crippen LogP contribution is -2.49. The highest BCUT2D eigenvalue weighted by Crippen LogP contribution is 2.40. The van der Waals surface area contributed by atoms with Crippen LogP contribution in [0.4, 0.5) is 0 Å². The van der Waals surface area contributed by atoms with Crippen molar-refractivity contribution >= 4 is 0 Å². The van der Waals surface area contributed by atoms with Crippen LogP contribution >= 0.6 is 0 Å². The fourth-order valence-corrected chi connectivity index (χ4v) is 3.65. The molecular formula is C14H27NO. The topological polar surface area (TPSA) is 32.3 Å². The summed E-state index contributed by atoms with van der Waals surface area (Å²) < 4.78 is 0. The van der Waals surface area contributed by atoms with Gasteiger partial charge in [-0.1, -0.05) is 19.8 Å². The standard InChI is InChI=1S/C14H27NO/c1-11-5-3-6-12(9-11)14(2,16)13-7-4-8-15-10-13/h11-13,15-16H,3-10H2,1-2H3. The molecule has 0 bridgehead atoms. The Labute approximate surface area is 99.8 Å². The van der Waals surface area contributed by atoms with Crippen LogP contribution in [0.15, 0.2) is 0 Å². The Morgan fingerprint density at radius 3 is 2.50 bits per heavy atom. The maximum Gasteiger partial charge on any atom is 0.0688 e. The van der Waals surface area contributed by atoms with Crippen molar-refractivity contribution < 1.29 is 5.11 Å². The van der Waals surface area contributed by atoms with Crippen LogP contribution in [0.2, 0.25) is 0 Å². The summed E-state index contributed by atoms with van der Waals surface area (Å²) in [5, 5.41) is 14.3. The van der Waals surface area contributed by atoms with Gasteiger partial charge in [0.15, 0.2) is 0 Å². The third kappa shape index (κ3) is 2.60. The minimum Gasteiger partial charge on any atom is -0.390 e. The second-order valence-corrected chi connectivity index (χ2v) is 6.24. The van der Waals surface area contributed by atoms with Crippen molar-refractivity contribution in [2.45, 2.75) is 58.0 Å². The van der Waals surface area contributed by atoms with Gasteiger partial charge in [-0.3, -0.25) is 0 Å². The van der Waals surface area contributed by atoms with Gasteiger partial charge in [-0.15, -0.1) is 0 Å². The number of nitrogens with one attached hydrogen (secondary N) is 1. The number of hydrogen-bond acceptors (Lipinski definition) is 2. The van der Waals surface area contributed by atoms with E-state index in [-0.39, 0.29) is 0 Å². The number of piperidine rings is 1. The molecule has 4 atom stereocenters. The van der Waals surface area contributed by atoms with E-state index in [1.165, 1.54) is 38.5 Å². The lowest BCUT2D eigenvalue weighted by atomic mass is 9.67. The SMILES string of the molecule is CC1CCCC(C(C)(O)C2CCCNC2)C1. The first-order valence-electron chi connectivity index (χ1n) is 7.03. The van der Waals surface area contributed by atoms with E-state index in [1.54, 1.807) is 0 Å². The summed E-state index contributed by atoms with van der Waals surface area (Å²) in [6.07, 6.45) is 7.54. The first kappa shape index (κ1) is 12.4. The highest BCUT2D eigenvalue weighted by Gasteiger charge is 2.41. The van der Waals surface area contributed by atoms with E-state index in [2.05, 4.69) is 19.2 Å². The van der Waals surface area contributed by atoms with Gasteiger partial charge in [-0.05, 0) is 51.0 Å². The van der Waals surface area contributed by atoms with E-state index in [1.807, 2.05) is 0 Å². The van der Waals surface area contributed by atoms with E-state index in [4.69, 9.17) is 0 Å². The third-order valence-electron chi connectivity index (χ3n) is 4.89. The molecule has 1 aliphatic carbocycles. The Hall–Kier alpha value is -0.0800. The molecule has 0 aromatic carbocycles. The Balaban J connectivity index is 1.98. The molecule has 4 unspecified atom stereocenters. The Bertz CT molecular complexity index is 221. The normalized spacial score (nSPS) is 40.3. The van der Waals surface area contributed by atoms with Gasteiger partial charge in [0.25, 0.3) is 0 Å². The Morgan fingerprint density at radius 1 is 1.12 bits per heavy atom. The minimum atomic E-state index is -0.442. The predicted octanol–water partition coefficient (Wildman–Crippen LogP) is 2.56. The van der Waals surface area contributed by atoms with Crippen molar-refractivity contribution in [1.29, 1.82) is 0 Å². The summed E-state index contributed by atoms with van der Waals surface area (Å²) in [5.41, 5.74) is -0.442. The average Bonchev–Trinajstić information content (AvgIpc) is 2.30. The monoisotopic (exact) mass is 225 g/mol. The fourth-order valence-electron chi connectivity index (χ4n) is 3.65. The summed E-state index contributed by atoms with van der Waals surface area (Å²) >= 11 is 0. The zero-order chi connectivity index (χ0) is 11.6. The van der Waals surface area contributed by atoms with Crippen LogP contribution < -0.4 is 5.32 Å². The Kier molecular flexibility index (Phi) is 3.91. The summed E-state index contributed by atoms with van der Waals surface area (Å²) in [5.74, 6) is 1.81. The van der Waals surface area contributed by atoms with E-state index in [9.17, 15) is 5.11 Å². The second-order valence-electron chi connectivity index (χ2n) is 6.24. The van der Waals surface area contributed by atoms with E-state index in [0.29, 0.717) is 11.8 Å². The molecule has 2 heteroatoms. The molecule has 1 heterocycles. The van der Waals surface area contributed by atoms with E-state index in [0.717, 1.165) is 19.0 Å². The lowest BCUT2D eigenvalue weighted by molar-refractivity contribution is -0.0774. The Morgan fingerprint density at radius 2 is 1.88 bits per heavy atom. The van der Waals surface area contributed by atoms with Gasteiger partial charge in [-0.2, -0.15) is 0 Å². The van der Waals surface area contributed by atoms with Crippen molar-refractivity contribution in [3.63, 3.8) is 0 Å². The molecule has 0 amide bonds. The van der Waals surface area contributed by atoms with Crippen LogP contribution in [0.5, 0.6) is 0 Å². The quantitative estimate of drug-likeness (QED) is 0.757. The van der Waals surface area contributed by atoms with Gasteiger partial charge >= 0.3 is 0 Å². The van der Waals surface area contributed by atoms with Gasteiger partial charge in [0, 0.05) is 12.5 Å². The molecule has 2 fully saturated rings. The van der Waals surface area contributed by atoms with Crippen molar-refractivity contribution in [1.82, 2.24) is 5.32 Å². The average molecular weight is 225 g/mol. The fraction of sp³-hybridized carbons (Fsp3) is 1.00. The molecule has 16 heavy (non-hydrogen) atoms. The smallest absolute Gasteiger partial charge is 0.0688 e. The summed E-state index contributed by atoms with van der Waals surface area (Å²) in [7, 11) is 0. The predicted molar refractivity (Wildman–Crippen MR) is 67.3 cm³/mol. The van der Waals surface area contributed by atoms with Crippen LogP contribution in [0.3, 0.4) is 0 Å². The van der Waals surface area contributed by atoms with Crippen molar-refractivity contribution in [3.8, 4) is 0 Å². The van der Waals surface area contributed by atoms with Crippen LogP contribution in [-0.4, -0.2) is 23.8 Å². The number of hydrogen-bond donors (Lipinski definition) is 2. The van der Waals surface area contributed by atoms with Gasteiger partial charge in [0.2, 0.25) is 0 Å².